The number of rotatable bonds is 4. The van der Waals surface area contributed by atoms with E-state index in [1.54, 1.807) is 0 Å². The molecule has 4 radical (unpaired) electrons. The minimum Gasteiger partial charge on any atom is -0.325 e. The van der Waals surface area contributed by atoms with Crippen molar-refractivity contribution in [3.8, 4) is 0 Å². The average Bonchev–Trinajstić information content (AvgIpc) is 1.90. The molecule has 9 heavy (non-hydrogen) atoms. The molecule has 0 bridgehead atoms. The molecule has 3 heteroatoms. The van der Waals surface area contributed by atoms with Gasteiger partial charge < -0.3 is 4.57 Å². The van der Waals surface area contributed by atoms with E-state index >= 15 is 0 Å². The first-order chi connectivity index (χ1) is 4.26. The largest absolute Gasteiger partial charge is 0.325 e. The van der Waals surface area contributed by atoms with Crippen LogP contribution in [0.15, 0.2) is 0 Å². The Balaban J connectivity index is 3.50. The van der Waals surface area contributed by atoms with Crippen LogP contribution in [0.3, 0.4) is 0 Å². The van der Waals surface area contributed by atoms with E-state index in [1.165, 1.54) is 18.8 Å². The highest BCUT2D eigenvalue weighted by molar-refractivity contribution is 6.61. The first kappa shape index (κ1) is 9.39. The van der Waals surface area contributed by atoms with Crippen LogP contribution in [-0.4, -0.2) is 36.9 Å². The zero-order chi connectivity index (χ0) is 7.28. The molecule has 0 aromatic heterocycles. The SMILES string of the molecule is CCN(CC)[Si](C)C[Si]. The van der Waals surface area contributed by atoms with Gasteiger partial charge in [-0.05, 0) is 13.1 Å². The predicted molar refractivity (Wildman–Crippen MR) is 45.1 cm³/mol. The van der Waals surface area contributed by atoms with Crippen molar-refractivity contribution >= 4 is 19.2 Å². The first-order valence-electron chi connectivity index (χ1n) is 3.48. The van der Waals surface area contributed by atoms with Crippen LogP contribution in [-0.2, 0) is 0 Å². The quantitative estimate of drug-likeness (QED) is 0.552. The van der Waals surface area contributed by atoms with Crippen molar-refractivity contribution in [2.75, 3.05) is 13.1 Å². The van der Waals surface area contributed by atoms with Crippen molar-refractivity contribution in [2.24, 2.45) is 0 Å². The predicted octanol–water partition coefficient (Wildman–Crippen LogP) is 1.08. The van der Waals surface area contributed by atoms with Gasteiger partial charge in [-0.15, -0.1) is 0 Å². The van der Waals surface area contributed by atoms with Crippen LogP contribution >= 0.6 is 0 Å². The van der Waals surface area contributed by atoms with E-state index in [0.29, 0.717) is 0 Å². The summed E-state index contributed by atoms with van der Waals surface area (Å²) >= 11 is 0. The van der Waals surface area contributed by atoms with E-state index < -0.39 is 0 Å². The van der Waals surface area contributed by atoms with Gasteiger partial charge in [0.2, 0.25) is 0 Å². The van der Waals surface area contributed by atoms with Crippen molar-refractivity contribution in [3.05, 3.63) is 0 Å². The summed E-state index contributed by atoms with van der Waals surface area (Å²) in [7, 11) is 3.32. The summed E-state index contributed by atoms with van der Waals surface area (Å²) in [5.74, 6) is 0. The molecule has 0 heterocycles. The lowest BCUT2D eigenvalue weighted by Gasteiger charge is -2.22. The highest BCUT2D eigenvalue weighted by Crippen LogP contribution is 1.95. The summed E-state index contributed by atoms with van der Waals surface area (Å²) in [6.07, 6.45) is 0. The number of nitrogens with zero attached hydrogens (tertiary/aromatic N) is 1. The Morgan fingerprint density at radius 1 is 1.33 bits per heavy atom. The van der Waals surface area contributed by atoms with E-state index in [2.05, 4.69) is 35.2 Å². The molecule has 0 aliphatic heterocycles. The summed E-state index contributed by atoms with van der Waals surface area (Å²) in [6.45, 7) is 9.18. The Hall–Kier alpha value is 0.394. The van der Waals surface area contributed by atoms with Crippen LogP contribution in [0, 0.1) is 0 Å². The standard InChI is InChI=1S/C6H15NSi2/c1-4-7(5-2)9(3)6-8/h4-6H2,1-3H3. The highest BCUT2D eigenvalue weighted by atomic mass is 28.3. The number of hydrogen-bond acceptors (Lipinski definition) is 1. The van der Waals surface area contributed by atoms with E-state index in [9.17, 15) is 0 Å². The monoisotopic (exact) mass is 157 g/mol. The van der Waals surface area contributed by atoms with Gasteiger partial charge in [0, 0.05) is 10.2 Å². The van der Waals surface area contributed by atoms with Gasteiger partial charge in [-0.2, -0.15) is 0 Å². The van der Waals surface area contributed by atoms with E-state index in [-0.39, 0.29) is 8.96 Å². The maximum atomic E-state index is 3.55. The molecular formula is C6H15NSi2. The third kappa shape index (κ3) is 3.18. The van der Waals surface area contributed by atoms with Crippen molar-refractivity contribution in [3.63, 3.8) is 0 Å². The smallest absolute Gasteiger partial charge is 0.129 e. The van der Waals surface area contributed by atoms with Crippen molar-refractivity contribution in [1.29, 1.82) is 0 Å². The fourth-order valence-electron chi connectivity index (χ4n) is 0.875. The van der Waals surface area contributed by atoms with Gasteiger partial charge in [-0.1, -0.05) is 26.1 Å². The molecule has 0 spiro atoms. The van der Waals surface area contributed by atoms with Crippen LogP contribution in [0.4, 0.5) is 0 Å². The van der Waals surface area contributed by atoms with Crippen LogP contribution in [0.2, 0.25) is 12.2 Å². The maximum Gasteiger partial charge on any atom is 0.129 e. The molecular weight excluding hydrogens is 142 g/mol. The second kappa shape index (κ2) is 5.20. The fourth-order valence-corrected chi connectivity index (χ4v) is 2.85. The summed E-state index contributed by atoms with van der Waals surface area (Å²) in [5, 5.41) is 0. The Bertz CT molecular complexity index is 64.1. The molecule has 0 aromatic rings. The van der Waals surface area contributed by atoms with Crippen LogP contribution in [0.1, 0.15) is 13.8 Å². The lowest BCUT2D eigenvalue weighted by molar-refractivity contribution is 0.483. The lowest BCUT2D eigenvalue weighted by atomic mass is 10.7. The zero-order valence-corrected chi connectivity index (χ0v) is 8.57. The van der Waals surface area contributed by atoms with Crippen LogP contribution in [0.25, 0.3) is 0 Å². The average molecular weight is 157 g/mol. The molecule has 0 aliphatic carbocycles. The molecule has 52 valence electrons. The van der Waals surface area contributed by atoms with Gasteiger partial charge in [0.25, 0.3) is 0 Å². The second-order valence-electron chi connectivity index (χ2n) is 2.08. The topological polar surface area (TPSA) is 3.24 Å². The molecule has 0 unspecified atom stereocenters. The minimum atomic E-state index is -0.222. The third-order valence-corrected chi connectivity index (χ3v) is 5.32. The Kier molecular flexibility index (Phi) is 5.43. The number of hydrogen-bond donors (Lipinski definition) is 0. The molecule has 0 amide bonds. The van der Waals surface area contributed by atoms with Crippen molar-refractivity contribution in [2.45, 2.75) is 26.1 Å². The highest BCUT2D eigenvalue weighted by Gasteiger charge is 2.08. The van der Waals surface area contributed by atoms with Gasteiger partial charge in [0.15, 0.2) is 0 Å². The summed E-state index contributed by atoms with van der Waals surface area (Å²) in [6, 6.07) is 0. The third-order valence-electron chi connectivity index (χ3n) is 1.56. The Morgan fingerprint density at radius 2 is 1.78 bits per heavy atom. The molecule has 0 fully saturated rings. The van der Waals surface area contributed by atoms with Gasteiger partial charge in [-0.25, -0.2) is 0 Å². The minimum absolute atomic E-state index is 0.222. The Labute approximate surface area is 63.6 Å². The zero-order valence-electron chi connectivity index (χ0n) is 6.57. The van der Waals surface area contributed by atoms with Gasteiger partial charge in [-0.3, -0.25) is 0 Å². The van der Waals surface area contributed by atoms with E-state index in [0.717, 1.165) is 0 Å². The lowest BCUT2D eigenvalue weighted by Crippen LogP contribution is -2.36. The summed E-state index contributed by atoms with van der Waals surface area (Å²) < 4.78 is 2.53. The summed E-state index contributed by atoms with van der Waals surface area (Å²) in [4.78, 5) is 0. The van der Waals surface area contributed by atoms with Crippen LogP contribution < -0.4 is 0 Å². The first-order valence-corrected chi connectivity index (χ1v) is 6.34. The van der Waals surface area contributed by atoms with Crippen molar-refractivity contribution in [1.82, 2.24) is 4.57 Å². The molecule has 0 saturated carbocycles. The molecule has 1 nitrogen and oxygen atoms in total. The van der Waals surface area contributed by atoms with E-state index in [1.807, 2.05) is 0 Å². The van der Waals surface area contributed by atoms with Gasteiger partial charge in [0.05, 0.1) is 0 Å². The molecule has 0 aliphatic rings. The molecule has 0 aromatic carbocycles. The molecule has 0 atom stereocenters. The second-order valence-corrected chi connectivity index (χ2v) is 5.60. The molecule has 0 N–H and O–H groups in total. The normalized spacial score (nSPS) is 11.3. The maximum absolute atomic E-state index is 3.55. The van der Waals surface area contributed by atoms with Crippen molar-refractivity contribution < 1.29 is 0 Å². The van der Waals surface area contributed by atoms with E-state index in [4.69, 9.17) is 0 Å². The Morgan fingerprint density at radius 3 is 1.89 bits per heavy atom. The van der Waals surface area contributed by atoms with Crippen LogP contribution in [0.5, 0.6) is 0 Å². The molecule has 0 saturated heterocycles. The fraction of sp³-hybridized carbons (Fsp3) is 1.00. The summed E-state index contributed by atoms with van der Waals surface area (Å²) in [5.41, 5.74) is 1.17. The van der Waals surface area contributed by atoms with Gasteiger partial charge >= 0.3 is 0 Å². The van der Waals surface area contributed by atoms with Gasteiger partial charge in [0.1, 0.15) is 8.96 Å². The molecule has 0 rings (SSSR count).